The van der Waals surface area contributed by atoms with Gasteiger partial charge in [-0.05, 0) is 55.9 Å². The second kappa shape index (κ2) is 8.93. The van der Waals surface area contributed by atoms with Gasteiger partial charge in [0, 0.05) is 18.8 Å². The number of methoxy groups -OCH3 is 1. The molecule has 0 amide bonds. The third kappa shape index (κ3) is 5.58. The lowest BCUT2D eigenvalue weighted by Crippen LogP contribution is -2.26. The molecule has 3 heteroatoms. The highest BCUT2D eigenvalue weighted by Crippen LogP contribution is 2.29. The van der Waals surface area contributed by atoms with Crippen LogP contribution in [0.3, 0.4) is 0 Å². The maximum absolute atomic E-state index is 5.58. The number of ether oxygens (including phenoxy) is 2. The Labute approximate surface area is 129 Å². The van der Waals surface area contributed by atoms with Gasteiger partial charge in [0.25, 0.3) is 0 Å². The third-order valence-electron chi connectivity index (χ3n) is 4.32. The van der Waals surface area contributed by atoms with Crippen LogP contribution < -0.4 is 10.1 Å². The summed E-state index contributed by atoms with van der Waals surface area (Å²) in [4.78, 5) is 0. The van der Waals surface area contributed by atoms with Crippen molar-refractivity contribution in [1.29, 1.82) is 0 Å². The average Bonchev–Trinajstić information content (AvgIpc) is 2.51. The van der Waals surface area contributed by atoms with Crippen LogP contribution in [0.1, 0.15) is 45.4 Å². The van der Waals surface area contributed by atoms with Crippen LogP contribution in [0.25, 0.3) is 0 Å². The first-order chi connectivity index (χ1) is 10.3. The van der Waals surface area contributed by atoms with Crippen LogP contribution in [0.15, 0.2) is 24.3 Å². The maximum atomic E-state index is 5.58. The van der Waals surface area contributed by atoms with Gasteiger partial charge in [0.05, 0.1) is 6.61 Å². The van der Waals surface area contributed by atoms with Crippen molar-refractivity contribution in [1.82, 2.24) is 0 Å². The SMILES string of the molecule is CCCC1CCC(Nc2ccc(OCCOC)cc2)CC1. The van der Waals surface area contributed by atoms with E-state index >= 15 is 0 Å². The van der Waals surface area contributed by atoms with Crippen LogP contribution in [-0.2, 0) is 4.74 Å². The molecular weight excluding hydrogens is 262 g/mol. The summed E-state index contributed by atoms with van der Waals surface area (Å²) < 4.78 is 10.6. The van der Waals surface area contributed by atoms with Gasteiger partial charge >= 0.3 is 0 Å². The Morgan fingerprint density at radius 2 is 1.76 bits per heavy atom. The molecule has 0 aliphatic heterocycles. The predicted octanol–water partition coefficient (Wildman–Crippen LogP) is 4.48. The summed E-state index contributed by atoms with van der Waals surface area (Å²) in [5.74, 6) is 1.87. The van der Waals surface area contributed by atoms with Gasteiger partial charge in [-0.3, -0.25) is 0 Å². The number of nitrogens with one attached hydrogen (secondary N) is 1. The first-order valence-electron chi connectivity index (χ1n) is 8.30. The molecule has 0 spiro atoms. The first kappa shape index (κ1) is 16.2. The Hall–Kier alpha value is -1.22. The van der Waals surface area contributed by atoms with E-state index in [1.807, 2.05) is 12.1 Å². The standard InChI is InChI=1S/C18H29NO2/c1-3-4-15-5-7-16(8-6-15)19-17-9-11-18(12-10-17)21-14-13-20-2/h9-12,15-16,19H,3-8,13-14H2,1-2H3. The van der Waals surface area contributed by atoms with E-state index in [1.165, 1.54) is 44.2 Å². The van der Waals surface area contributed by atoms with Crippen LogP contribution in [-0.4, -0.2) is 26.4 Å². The van der Waals surface area contributed by atoms with Crippen LogP contribution in [0.5, 0.6) is 5.75 Å². The minimum Gasteiger partial charge on any atom is -0.491 e. The predicted molar refractivity (Wildman–Crippen MR) is 88.1 cm³/mol. The molecule has 1 fully saturated rings. The summed E-state index contributed by atoms with van der Waals surface area (Å²) in [6.45, 7) is 3.52. The van der Waals surface area contributed by atoms with Crippen molar-refractivity contribution < 1.29 is 9.47 Å². The third-order valence-corrected chi connectivity index (χ3v) is 4.32. The summed E-state index contributed by atoms with van der Waals surface area (Å²) in [5, 5.41) is 3.66. The molecule has 0 atom stereocenters. The molecule has 0 unspecified atom stereocenters. The van der Waals surface area contributed by atoms with E-state index in [9.17, 15) is 0 Å². The number of hydrogen-bond acceptors (Lipinski definition) is 3. The maximum Gasteiger partial charge on any atom is 0.119 e. The average molecular weight is 291 g/mol. The summed E-state index contributed by atoms with van der Waals surface area (Å²) in [6.07, 6.45) is 8.09. The van der Waals surface area contributed by atoms with E-state index in [1.54, 1.807) is 7.11 Å². The summed E-state index contributed by atoms with van der Waals surface area (Å²) in [6, 6.07) is 8.92. The summed E-state index contributed by atoms with van der Waals surface area (Å²) in [5.41, 5.74) is 1.20. The Kier molecular flexibility index (Phi) is 6.87. The number of rotatable bonds is 8. The van der Waals surface area contributed by atoms with Crippen molar-refractivity contribution in [3.63, 3.8) is 0 Å². The molecule has 1 N–H and O–H groups in total. The molecule has 3 nitrogen and oxygen atoms in total. The Morgan fingerprint density at radius 1 is 1.05 bits per heavy atom. The number of benzene rings is 1. The van der Waals surface area contributed by atoms with Crippen molar-refractivity contribution in [2.75, 3.05) is 25.6 Å². The lowest BCUT2D eigenvalue weighted by atomic mass is 9.83. The molecular formula is C18H29NO2. The van der Waals surface area contributed by atoms with Gasteiger partial charge in [0.15, 0.2) is 0 Å². The Balaban J connectivity index is 1.73. The molecule has 1 aromatic carbocycles. The molecule has 0 radical (unpaired) electrons. The van der Waals surface area contributed by atoms with Gasteiger partial charge in [-0.15, -0.1) is 0 Å². The number of hydrogen-bond donors (Lipinski definition) is 1. The minimum absolute atomic E-state index is 0.602. The molecule has 1 aromatic rings. The van der Waals surface area contributed by atoms with E-state index in [0.29, 0.717) is 19.3 Å². The van der Waals surface area contributed by atoms with Crippen molar-refractivity contribution in [3.05, 3.63) is 24.3 Å². The monoisotopic (exact) mass is 291 g/mol. The van der Waals surface area contributed by atoms with Crippen molar-refractivity contribution >= 4 is 5.69 Å². The zero-order valence-electron chi connectivity index (χ0n) is 13.4. The zero-order valence-corrected chi connectivity index (χ0v) is 13.4. The fourth-order valence-corrected chi connectivity index (χ4v) is 3.13. The second-order valence-electron chi connectivity index (χ2n) is 6.02. The van der Waals surface area contributed by atoms with E-state index < -0.39 is 0 Å². The van der Waals surface area contributed by atoms with Crippen molar-refractivity contribution in [2.45, 2.75) is 51.5 Å². The highest BCUT2D eigenvalue weighted by molar-refractivity contribution is 5.47. The largest absolute Gasteiger partial charge is 0.491 e. The molecule has 1 aliphatic carbocycles. The van der Waals surface area contributed by atoms with Crippen LogP contribution >= 0.6 is 0 Å². The van der Waals surface area contributed by atoms with Gasteiger partial charge in [0.1, 0.15) is 12.4 Å². The van der Waals surface area contributed by atoms with Crippen LogP contribution in [0, 0.1) is 5.92 Å². The molecule has 0 saturated heterocycles. The first-order valence-corrected chi connectivity index (χ1v) is 8.30. The van der Waals surface area contributed by atoms with Gasteiger partial charge in [-0.1, -0.05) is 19.8 Å². The molecule has 0 heterocycles. The second-order valence-corrected chi connectivity index (χ2v) is 6.02. The van der Waals surface area contributed by atoms with Gasteiger partial charge in [-0.25, -0.2) is 0 Å². The van der Waals surface area contributed by atoms with E-state index in [4.69, 9.17) is 9.47 Å². The highest BCUT2D eigenvalue weighted by atomic mass is 16.5. The fraction of sp³-hybridized carbons (Fsp3) is 0.667. The molecule has 0 aromatic heterocycles. The van der Waals surface area contributed by atoms with Crippen LogP contribution in [0.2, 0.25) is 0 Å². The molecule has 21 heavy (non-hydrogen) atoms. The normalized spacial score (nSPS) is 22.0. The summed E-state index contributed by atoms with van der Waals surface area (Å²) in [7, 11) is 1.69. The molecule has 118 valence electrons. The van der Waals surface area contributed by atoms with Crippen molar-refractivity contribution in [3.8, 4) is 5.75 Å². The van der Waals surface area contributed by atoms with E-state index in [0.717, 1.165) is 11.7 Å². The van der Waals surface area contributed by atoms with E-state index in [-0.39, 0.29) is 0 Å². The molecule has 1 aliphatic rings. The summed E-state index contributed by atoms with van der Waals surface area (Å²) >= 11 is 0. The number of anilines is 1. The van der Waals surface area contributed by atoms with Crippen LogP contribution in [0.4, 0.5) is 5.69 Å². The Bertz CT molecular complexity index is 383. The zero-order chi connectivity index (χ0) is 14.9. The van der Waals surface area contributed by atoms with E-state index in [2.05, 4.69) is 24.4 Å². The molecule has 0 bridgehead atoms. The highest BCUT2D eigenvalue weighted by Gasteiger charge is 2.20. The quantitative estimate of drug-likeness (QED) is 0.716. The van der Waals surface area contributed by atoms with Gasteiger partial charge < -0.3 is 14.8 Å². The van der Waals surface area contributed by atoms with Gasteiger partial charge in [0.2, 0.25) is 0 Å². The molecule has 2 rings (SSSR count). The Morgan fingerprint density at radius 3 is 2.38 bits per heavy atom. The van der Waals surface area contributed by atoms with Gasteiger partial charge in [-0.2, -0.15) is 0 Å². The fourth-order valence-electron chi connectivity index (χ4n) is 3.13. The minimum atomic E-state index is 0.602. The van der Waals surface area contributed by atoms with Crippen molar-refractivity contribution in [2.24, 2.45) is 5.92 Å². The topological polar surface area (TPSA) is 30.5 Å². The lowest BCUT2D eigenvalue weighted by Gasteiger charge is -2.29. The smallest absolute Gasteiger partial charge is 0.119 e. The molecule has 1 saturated carbocycles. The lowest BCUT2D eigenvalue weighted by molar-refractivity contribution is 0.146.